The van der Waals surface area contributed by atoms with Gasteiger partial charge in [-0.2, -0.15) is 18.3 Å². The van der Waals surface area contributed by atoms with Crippen LogP contribution in [-0.2, 0) is 4.79 Å². The van der Waals surface area contributed by atoms with Crippen LogP contribution in [0.4, 0.5) is 13.2 Å². The lowest BCUT2D eigenvalue weighted by molar-refractivity contribution is -0.157. The van der Waals surface area contributed by atoms with Crippen LogP contribution in [0.5, 0.6) is 0 Å². The number of alkyl halides is 3. The summed E-state index contributed by atoms with van der Waals surface area (Å²) in [4.78, 5) is 22.9. The Morgan fingerprint density at radius 2 is 2.00 bits per heavy atom. The zero-order valence-corrected chi connectivity index (χ0v) is 12.5. The molecule has 2 aromatic rings. The van der Waals surface area contributed by atoms with E-state index in [1.807, 2.05) is 24.4 Å². The molecule has 0 spiro atoms. The van der Waals surface area contributed by atoms with E-state index in [2.05, 4.69) is 5.10 Å². The first kappa shape index (κ1) is 17.5. The number of benzene rings is 1. The molecule has 24 heavy (non-hydrogen) atoms. The van der Waals surface area contributed by atoms with Gasteiger partial charge in [0.2, 0.25) is 0 Å². The molecule has 2 N–H and O–H groups in total. The number of halogens is 3. The van der Waals surface area contributed by atoms with Gasteiger partial charge in [-0.25, -0.2) is 9.48 Å². The highest BCUT2D eigenvalue weighted by atomic mass is 19.4. The highest BCUT2D eigenvalue weighted by Gasteiger charge is 2.36. The van der Waals surface area contributed by atoms with Crippen LogP contribution in [0.3, 0.4) is 0 Å². The first-order valence-electron chi connectivity index (χ1n) is 6.88. The molecule has 0 aliphatic rings. The van der Waals surface area contributed by atoms with Crippen molar-refractivity contribution in [2.75, 3.05) is 0 Å². The second kappa shape index (κ2) is 6.73. The Morgan fingerprint density at radius 3 is 2.58 bits per heavy atom. The number of aromatic nitrogens is 2. The zero-order chi connectivity index (χ0) is 17.9. The minimum absolute atomic E-state index is 0.0355. The van der Waals surface area contributed by atoms with Gasteiger partial charge >= 0.3 is 12.1 Å². The van der Waals surface area contributed by atoms with Crippen LogP contribution in [0.15, 0.2) is 36.7 Å². The van der Waals surface area contributed by atoms with Crippen LogP contribution in [0, 0.1) is 6.92 Å². The standard InChI is InChI=1S/C15H14F3N3O3/c1-9-4-2-3-5-12(9)21-8-10(7-19-21)13(22)20-11(14(23)24)6-15(16,17)18/h2-5,7-8,11H,6H2,1H3,(H,20,22)(H,23,24). The van der Waals surface area contributed by atoms with Gasteiger partial charge in [0.15, 0.2) is 0 Å². The van der Waals surface area contributed by atoms with Crippen molar-refractivity contribution in [2.24, 2.45) is 0 Å². The summed E-state index contributed by atoms with van der Waals surface area (Å²) in [5.41, 5.74) is 1.54. The Hall–Kier alpha value is -2.84. The molecule has 0 saturated carbocycles. The normalized spacial score (nSPS) is 12.7. The number of nitrogens with zero attached hydrogens (tertiary/aromatic N) is 2. The lowest BCUT2D eigenvalue weighted by atomic mass is 10.2. The Balaban J connectivity index is 2.16. The summed E-state index contributed by atoms with van der Waals surface area (Å²) >= 11 is 0. The highest BCUT2D eigenvalue weighted by molar-refractivity contribution is 5.96. The van der Waals surface area contributed by atoms with Crippen molar-refractivity contribution in [1.29, 1.82) is 0 Å². The number of nitrogens with one attached hydrogen (secondary N) is 1. The number of amides is 1. The smallest absolute Gasteiger partial charge is 0.391 e. The fourth-order valence-electron chi connectivity index (χ4n) is 2.07. The van der Waals surface area contributed by atoms with E-state index in [4.69, 9.17) is 5.11 Å². The Kier molecular flexibility index (Phi) is 4.91. The van der Waals surface area contributed by atoms with E-state index in [0.29, 0.717) is 5.69 Å². The molecule has 0 aliphatic heterocycles. The van der Waals surface area contributed by atoms with Gasteiger partial charge in [-0.1, -0.05) is 18.2 Å². The maximum absolute atomic E-state index is 12.4. The summed E-state index contributed by atoms with van der Waals surface area (Å²) in [6, 6.07) is 5.13. The van der Waals surface area contributed by atoms with Crippen molar-refractivity contribution in [1.82, 2.24) is 15.1 Å². The second-order valence-electron chi connectivity index (χ2n) is 5.14. The van der Waals surface area contributed by atoms with Crippen LogP contribution in [0.25, 0.3) is 5.69 Å². The fraction of sp³-hybridized carbons (Fsp3) is 0.267. The van der Waals surface area contributed by atoms with E-state index in [9.17, 15) is 22.8 Å². The van der Waals surface area contributed by atoms with Crippen molar-refractivity contribution in [3.63, 3.8) is 0 Å². The van der Waals surface area contributed by atoms with Crippen molar-refractivity contribution < 1.29 is 27.9 Å². The summed E-state index contributed by atoms with van der Waals surface area (Å²) in [5, 5.41) is 14.7. The van der Waals surface area contributed by atoms with Crippen LogP contribution >= 0.6 is 0 Å². The molecule has 0 aliphatic carbocycles. The average Bonchev–Trinajstić information content (AvgIpc) is 2.95. The quantitative estimate of drug-likeness (QED) is 0.874. The van der Waals surface area contributed by atoms with Crippen LogP contribution in [0.1, 0.15) is 22.3 Å². The summed E-state index contributed by atoms with van der Waals surface area (Å²) in [7, 11) is 0. The zero-order valence-electron chi connectivity index (χ0n) is 12.5. The lowest BCUT2D eigenvalue weighted by Gasteiger charge is -2.15. The predicted molar refractivity (Wildman–Crippen MR) is 77.9 cm³/mol. The highest BCUT2D eigenvalue weighted by Crippen LogP contribution is 2.22. The Labute approximate surface area is 134 Å². The minimum Gasteiger partial charge on any atom is -0.480 e. The third-order valence-corrected chi connectivity index (χ3v) is 3.25. The minimum atomic E-state index is -4.71. The molecule has 1 aromatic heterocycles. The molecular formula is C15H14F3N3O3. The number of carbonyl (C=O) groups excluding carboxylic acids is 1. The molecule has 6 nitrogen and oxygen atoms in total. The van der Waals surface area contributed by atoms with Crippen LogP contribution in [-0.4, -0.2) is 39.0 Å². The van der Waals surface area contributed by atoms with Gasteiger partial charge in [0.1, 0.15) is 6.04 Å². The SMILES string of the molecule is Cc1ccccc1-n1cc(C(=O)NC(CC(F)(F)F)C(=O)O)cn1. The summed E-state index contributed by atoms with van der Waals surface area (Å²) in [6.45, 7) is 1.83. The molecule has 1 amide bonds. The number of hydrogen-bond donors (Lipinski definition) is 2. The molecule has 0 bridgehead atoms. The van der Waals surface area contributed by atoms with E-state index in [0.717, 1.165) is 11.8 Å². The number of carboxylic acids is 1. The molecule has 128 valence electrons. The maximum atomic E-state index is 12.4. The van der Waals surface area contributed by atoms with Crippen molar-refractivity contribution in [3.8, 4) is 5.69 Å². The Bertz CT molecular complexity index is 756. The number of aliphatic carboxylic acids is 1. The topological polar surface area (TPSA) is 84.2 Å². The monoisotopic (exact) mass is 341 g/mol. The molecule has 9 heteroatoms. The van der Waals surface area contributed by atoms with Gasteiger partial charge in [0, 0.05) is 6.20 Å². The number of hydrogen-bond acceptors (Lipinski definition) is 3. The molecule has 1 heterocycles. The third-order valence-electron chi connectivity index (χ3n) is 3.25. The lowest BCUT2D eigenvalue weighted by Crippen LogP contribution is -2.43. The van der Waals surface area contributed by atoms with Crippen molar-refractivity contribution in [2.45, 2.75) is 25.6 Å². The summed E-state index contributed by atoms with van der Waals surface area (Å²) < 4.78 is 38.5. The molecule has 0 fully saturated rings. The third kappa shape index (κ3) is 4.34. The van der Waals surface area contributed by atoms with Crippen molar-refractivity contribution in [3.05, 3.63) is 47.8 Å². The van der Waals surface area contributed by atoms with E-state index in [1.54, 1.807) is 12.1 Å². The van der Waals surface area contributed by atoms with Crippen LogP contribution in [0.2, 0.25) is 0 Å². The maximum Gasteiger partial charge on any atom is 0.391 e. The van der Waals surface area contributed by atoms with Crippen LogP contribution < -0.4 is 5.32 Å². The molecular weight excluding hydrogens is 327 g/mol. The van der Waals surface area contributed by atoms with Gasteiger partial charge in [0.05, 0.1) is 23.9 Å². The second-order valence-corrected chi connectivity index (χ2v) is 5.14. The molecule has 0 radical (unpaired) electrons. The largest absolute Gasteiger partial charge is 0.480 e. The summed E-state index contributed by atoms with van der Waals surface area (Å²) in [6.07, 6.45) is -3.87. The van der Waals surface area contributed by atoms with E-state index < -0.39 is 30.5 Å². The van der Waals surface area contributed by atoms with Gasteiger partial charge < -0.3 is 10.4 Å². The molecule has 1 aromatic carbocycles. The first-order chi connectivity index (χ1) is 11.2. The fourth-order valence-corrected chi connectivity index (χ4v) is 2.07. The molecule has 2 rings (SSSR count). The van der Waals surface area contributed by atoms with Gasteiger partial charge in [-0.05, 0) is 18.6 Å². The summed E-state index contributed by atoms with van der Waals surface area (Å²) in [5.74, 6) is -2.70. The van der Waals surface area contributed by atoms with Gasteiger partial charge in [-0.3, -0.25) is 4.79 Å². The molecule has 1 atom stereocenters. The molecule has 1 unspecified atom stereocenters. The number of carboxylic acid groups (broad SMARTS) is 1. The predicted octanol–water partition coefficient (Wildman–Crippen LogP) is 2.32. The van der Waals surface area contributed by atoms with E-state index >= 15 is 0 Å². The average molecular weight is 341 g/mol. The molecule has 0 saturated heterocycles. The number of para-hydroxylation sites is 1. The number of rotatable bonds is 5. The number of aryl methyl sites for hydroxylation is 1. The van der Waals surface area contributed by atoms with E-state index in [1.165, 1.54) is 10.9 Å². The van der Waals surface area contributed by atoms with E-state index in [-0.39, 0.29) is 5.56 Å². The first-order valence-corrected chi connectivity index (χ1v) is 6.88. The Morgan fingerprint density at radius 1 is 1.33 bits per heavy atom. The van der Waals surface area contributed by atoms with Crippen molar-refractivity contribution >= 4 is 11.9 Å². The number of carbonyl (C=O) groups is 2. The van der Waals surface area contributed by atoms with Gasteiger partial charge in [0.25, 0.3) is 5.91 Å². The van der Waals surface area contributed by atoms with Gasteiger partial charge in [-0.15, -0.1) is 0 Å².